The molecular formula is C11H13Cl2N. The minimum absolute atomic E-state index is 0.667. The van der Waals surface area contributed by atoms with Gasteiger partial charge in [0.2, 0.25) is 0 Å². The molecule has 0 aromatic heterocycles. The molecule has 0 saturated carbocycles. The van der Waals surface area contributed by atoms with Crippen molar-refractivity contribution >= 4 is 23.2 Å². The van der Waals surface area contributed by atoms with Crippen LogP contribution < -0.4 is 0 Å². The maximum Gasteiger partial charge on any atom is 0.0640 e. The summed E-state index contributed by atoms with van der Waals surface area (Å²) in [5, 5.41) is 1.40. The van der Waals surface area contributed by atoms with Gasteiger partial charge in [0.25, 0.3) is 0 Å². The van der Waals surface area contributed by atoms with Crippen LogP contribution in [0.5, 0.6) is 0 Å². The van der Waals surface area contributed by atoms with Crippen molar-refractivity contribution in [3.05, 3.63) is 33.3 Å². The number of halogens is 2. The van der Waals surface area contributed by atoms with Crippen LogP contribution in [0.15, 0.2) is 12.1 Å². The van der Waals surface area contributed by atoms with Gasteiger partial charge in [0.05, 0.1) is 10.0 Å². The van der Waals surface area contributed by atoms with Gasteiger partial charge in [-0.15, -0.1) is 0 Å². The lowest BCUT2D eigenvalue weighted by Gasteiger charge is -2.15. The lowest BCUT2D eigenvalue weighted by atomic mass is 10.0. The number of aryl methyl sites for hydroxylation is 1. The third-order valence-electron chi connectivity index (χ3n) is 2.71. The molecule has 1 aromatic carbocycles. The Hall–Kier alpha value is -0.240. The van der Waals surface area contributed by atoms with Crippen LogP contribution >= 0.6 is 23.2 Å². The van der Waals surface area contributed by atoms with Crippen LogP contribution in [-0.2, 0) is 13.0 Å². The smallest absolute Gasteiger partial charge is 0.0640 e. The normalized spacial score (nSPS) is 17.6. The second kappa shape index (κ2) is 4.09. The van der Waals surface area contributed by atoms with Crippen molar-refractivity contribution in [2.75, 3.05) is 13.6 Å². The number of rotatable bonds is 0. The number of hydrogen-bond donors (Lipinski definition) is 0. The van der Waals surface area contributed by atoms with E-state index >= 15 is 0 Å². The van der Waals surface area contributed by atoms with E-state index < -0.39 is 0 Å². The van der Waals surface area contributed by atoms with Crippen molar-refractivity contribution in [2.45, 2.75) is 19.4 Å². The van der Waals surface area contributed by atoms with Gasteiger partial charge in [-0.1, -0.05) is 29.3 Å². The number of benzene rings is 1. The van der Waals surface area contributed by atoms with Crippen LogP contribution in [0.4, 0.5) is 0 Å². The standard InChI is InChI=1S/C11H13Cl2N/c1-14-6-2-3-8-4-5-10(12)11(13)9(8)7-14/h4-5H,2-3,6-7H2,1H3. The molecule has 0 saturated heterocycles. The quantitative estimate of drug-likeness (QED) is 0.660. The molecule has 0 atom stereocenters. The largest absolute Gasteiger partial charge is 0.302 e. The third-order valence-corrected chi connectivity index (χ3v) is 3.55. The van der Waals surface area contributed by atoms with E-state index in [0.717, 1.165) is 24.5 Å². The minimum Gasteiger partial charge on any atom is -0.302 e. The van der Waals surface area contributed by atoms with E-state index in [0.29, 0.717) is 5.02 Å². The molecule has 3 heteroatoms. The summed E-state index contributed by atoms with van der Waals surface area (Å²) >= 11 is 12.2. The first-order valence-electron chi connectivity index (χ1n) is 4.83. The molecule has 1 heterocycles. The summed E-state index contributed by atoms with van der Waals surface area (Å²) in [7, 11) is 2.12. The van der Waals surface area contributed by atoms with Crippen LogP contribution in [0.1, 0.15) is 17.5 Å². The molecule has 1 nitrogen and oxygen atoms in total. The van der Waals surface area contributed by atoms with Gasteiger partial charge in [-0.2, -0.15) is 0 Å². The Morgan fingerprint density at radius 3 is 2.86 bits per heavy atom. The van der Waals surface area contributed by atoms with Crippen molar-refractivity contribution < 1.29 is 0 Å². The molecule has 76 valence electrons. The topological polar surface area (TPSA) is 3.24 Å². The number of fused-ring (bicyclic) bond motifs is 1. The van der Waals surface area contributed by atoms with Crippen LogP contribution in [0, 0.1) is 0 Å². The second-order valence-electron chi connectivity index (χ2n) is 3.84. The van der Waals surface area contributed by atoms with Crippen molar-refractivity contribution in [3.63, 3.8) is 0 Å². The van der Waals surface area contributed by atoms with Crippen molar-refractivity contribution in [1.82, 2.24) is 4.90 Å². The Morgan fingerprint density at radius 2 is 2.07 bits per heavy atom. The SMILES string of the molecule is CN1CCCc2ccc(Cl)c(Cl)c2C1. The van der Waals surface area contributed by atoms with E-state index in [1.807, 2.05) is 6.07 Å². The fourth-order valence-corrected chi connectivity index (χ4v) is 2.35. The summed E-state index contributed by atoms with van der Waals surface area (Å²) in [5.74, 6) is 0. The predicted molar refractivity (Wildman–Crippen MR) is 61.1 cm³/mol. The lowest BCUT2D eigenvalue weighted by Crippen LogP contribution is -2.17. The Bertz CT molecular complexity index is 349. The van der Waals surface area contributed by atoms with Crippen molar-refractivity contribution in [2.24, 2.45) is 0 Å². The molecule has 0 amide bonds. The summed E-state index contributed by atoms with van der Waals surface area (Å²) in [6, 6.07) is 4.00. The first kappa shape index (κ1) is 10.3. The molecule has 1 aromatic rings. The van der Waals surface area contributed by atoms with Gasteiger partial charge in [-0.25, -0.2) is 0 Å². The summed E-state index contributed by atoms with van der Waals surface area (Å²) < 4.78 is 0. The summed E-state index contributed by atoms with van der Waals surface area (Å²) in [5.41, 5.74) is 2.56. The fourth-order valence-electron chi connectivity index (χ4n) is 1.93. The molecular weight excluding hydrogens is 217 g/mol. The Kier molecular flexibility index (Phi) is 3.01. The molecule has 0 aliphatic carbocycles. The van der Waals surface area contributed by atoms with Gasteiger partial charge in [-0.3, -0.25) is 0 Å². The van der Waals surface area contributed by atoms with E-state index in [4.69, 9.17) is 23.2 Å². The average molecular weight is 230 g/mol. The Balaban J connectivity index is 2.46. The van der Waals surface area contributed by atoms with Gasteiger partial charge in [0.1, 0.15) is 0 Å². The van der Waals surface area contributed by atoms with Gasteiger partial charge < -0.3 is 4.90 Å². The predicted octanol–water partition coefficient (Wildman–Crippen LogP) is 3.37. The third kappa shape index (κ3) is 1.90. The maximum absolute atomic E-state index is 6.19. The van der Waals surface area contributed by atoms with Crippen molar-refractivity contribution in [1.29, 1.82) is 0 Å². The van der Waals surface area contributed by atoms with E-state index in [9.17, 15) is 0 Å². The highest BCUT2D eigenvalue weighted by atomic mass is 35.5. The van der Waals surface area contributed by atoms with Crippen molar-refractivity contribution in [3.8, 4) is 0 Å². The van der Waals surface area contributed by atoms with Gasteiger partial charge >= 0.3 is 0 Å². The summed E-state index contributed by atoms with van der Waals surface area (Å²) in [4.78, 5) is 2.29. The summed E-state index contributed by atoms with van der Waals surface area (Å²) in [6.45, 7) is 2.04. The molecule has 0 spiro atoms. The molecule has 0 unspecified atom stereocenters. The average Bonchev–Trinajstić information content (AvgIpc) is 2.34. The zero-order valence-corrected chi connectivity index (χ0v) is 9.70. The van der Waals surface area contributed by atoms with E-state index in [1.165, 1.54) is 17.5 Å². The van der Waals surface area contributed by atoms with Gasteiger partial charge in [0, 0.05) is 6.54 Å². The lowest BCUT2D eigenvalue weighted by molar-refractivity contribution is 0.332. The second-order valence-corrected chi connectivity index (χ2v) is 4.63. The summed E-state index contributed by atoms with van der Waals surface area (Å²) in [6.07, 6.45) is 2.30. The highest BCUT2D eigenvalue weighted by molar-refractivity contribution is 6.42. The monoisotopic (exact) mass is 229 g/mol. The molecule has 1 aliphatic rings. The van der Waals surface area contributed by atoms with Gasteiger partial charge in [0.15, 0.2) is 0 Å². The molecule has 1 aliphatic heterocycles. The van der Waals surface area contributed by atoms with E-state index in [1.54, 1.807) is 0 Å². The zero-order valence-electron chi connectivity index (χ0n) is 8.19. The van der Waals surface area contributed by atoms with Crippen LogP contribution in [-0.4, -0.2) is 18.5 Å². The number of hydrogen-bond acceptors (Lipinski definition) is 1. The van der Waals surface area contributed by atoms with Crippen LogP contribution in [0.2, 0.25) is 10.0 Å². The molecule has 2 rings (SSSR count). The Morgan fingerprint density at radius 1 is 1.29 bits per heavy atom. The molecule has 0 radical (unpaired) electrons. The number of nitrogens with zero attached hydrogens (tertiary/aromatic N) is 1. The van der Waals surface area contributed by atoms with Crippen LogP contribution in [0.25, 0.3) is 0 Å². The van der Waals surface area contributed by atoms with Crippen LogP contribution in [0.3, 0.4) is 0 Å². The fraction of sp³-hybridized carbons (Fsp3) is 0.455. The molecule has 0 fully saturated rings. The Labute approximate surface area is 94.6 Å². The molecule has 0 bridgehead atoms. The molecule has 0 N–H and O–H groups in total. The highest BCUT2D eigenvalue weighted by Crippen LogP contribution is 2.31. The minimum atomic E-state index is 0.667. The van der Waals surface area contributed by atoms with E-state index in [2.05, 4.69) is 18.0 Å². The first-order valence-corrected chi connectivity index (χ1v) is 5.58. The molecule has 14 heavy (non-hydrogen) atoms. The zero-order chi connectivity index (χ0) is 10.1. The van der Waals surface area contributed by atoms with Gasteiger partial charge in [-0.05, 0) is 43.6 Å². The van der Waals surface area contributed by atoms with E-state index in [-0.39, 0.29) is 0 Å². The highest BCUT2D eigenvalue weighted by Gasteiger charge is 2.15. The first-order chi connectivity index (χ1) is 6.68. The maximum atomic E-state index is 6.19.